The summed E-state index contributed by atoms with van der Waals surface area (Å²) in [5.41, 5.74) is 7.47. The summed E-state index contributed by atoms with van der Waals surface area (Å²) in [6.45, 7) is 0. The molecule has 3 nitrogen and oxygen atoms in total. The first kappa shape index (κ1) is 22.6. The maximum absolute atomic E-state index is 6.43. The highest BCUT2D eigenvalue weighted by Crippen LogP contribution is 2.52. The molecule has 0 saturated carbocycles. The summed E-state index contributed by atoms with van der Waals surface area (Å²) in [5, 5.41) is 4.93. The first-order valence-electron chi connectivity index (χ1n) is 13.7. The second-order valence-corrected chi connectivity index (χ2v) is 11.5. The van der Waals surface area contributed by atoms with Gasteiger partial charge in [-0.2, -0.15) is 0 Å². The molecule has 192 valence electrons. The van der Waals surface area contributed by atoms with Crippen molar-refractivity contribution in [1.29, 1.82) is 0 Å². The molecule has 1 aliphatic rings. The molecule has 0 amide bonds. The van der Waals surface area contributed by atoms with Crippen LogP contribution >= 0.6 is 11.3 Å². The van der Waals surface area contributed by atoms with Crippen molar-refractivity contribution in [2.24, 2.45) is 0 Å². The normalized spacial score (nSPS) is 11.9. The van der Waals surface area contributed by atoms with Crippen molar-refractivity contribution in [3.05, 3.63) is 133 Å². The lowest BCUT2D eigenvalue weighted by Gasteiger charge is -2.27. The van der Waals surface area contributed by atoms with E-state index in [0.717, 1.165) is 45.2 Å². The number of fused-ring (bicyclic) bond motifs is 6. The number of aromatic nitrogens is 1. The van der Waals surface area contributed by atoms with Crippen molar-refractivity contribution in [2.45, 2.75) is 0 Å². The number of oxazole rings is 1. The average molecular weight is 543 g/mol. The minimum Gasteiger partial charge on any atom is -0.435 e. The highest BCUT2D eigenvalue weighted by atomic mass is 32.1. The van der Waals surface area contributed by atoms with Crippen molar-refractivity contribution in [3.8, 4) is 34.0 Å². The van der Waals surface area contributed by atoms with Crippen molar-refractivity contribution < 1.29 is 4.42 Å². The molecule has 9 rings (SSSR count). The van der Waals surface area contributed by atoms with Crippen molar-refractivity contribution in [1.82, 2.24) is 4.98 Å². The Morgan fingerprint density at radius 3 is 2.22 bits per heavy atom. The smallest absolute Gasteiger partial charge is 0.227 e. The van der Waals surface area contributed by atoms with Gasteiger partial charge in [-0.05, 0) is 60.0 Å². The summed E-state index contributed by atoms with van der Waals surface area (Å²) in [6.07, 6.45) is 0. The zero-order chi connectivity index (χ0) is 26.9. The van der Waals surface area contributed by atoms with Crippen molar-refractivity contribution >= 4 is 59.3 Å². The van der Waals surface area contributed by atoms with E-state index in [-0.39, 0.29) is 0 Å². The van der Waals surface area contributed by atoms with E-state index in [1.54, 1.807) is 0 Å². The van der Waals surface area contributed by atoms with Crippen LogP contribution in [0.25, 0.3) is 65.0 Å². The van der Waals surface area contributed by atoms with Crippen molar-refractivity contribution in [3.63, 3.8) is 0 Å². The predicted octanol–water partition coefficient (Wildman–Crippen LogP) is 11.0. The van der Waals surface area contributed by atoms with Gasteiger partial charge in [-0.25, -0.2) is 4.98 Å². The Hall–Kier alpha value is -5.19. The molecule has 0 saturated heterocycles. The van der Waals surface area contributed by atoms with E-state index < -0.39 is 0 Å². The molecule has 0 bridgehead atoms. The third-order valence-corrected chi connectivity index (χ3v) is 9.14. The number of anilines is 3. The fourth-order valence-electron chi connectivity index (χ4n) is 6.25. The van der Waals surface area contributed by atoms with Gasteiger partial charge in [0.25, 0.3) is 0 Å². The van der Waals surface area contributed by atoms with E-state index in [0.29, 0.717) is 5.89 Å². The summed E-state index contributed by atoms with van der Waals surface area (Å²) >= 11 is 1.84. The van der Waals surface area contributed by atoms with Crippen LogP contribution in [-0.2, 0) is 0 Å². The van der Waals surface area contributed by atoms with Gasteiger partial charge in [-0.3, -0.25) is 0 Å². The third-order valence-electron chi connectivity index (χ3n) is 8.00. The van der Waals surface area contributed by atoms with Gasteiger partial charge in [0.05, 0.1) is 5.69 Å². The Kier molecular flexibility index (Phi) is 4.77. The molecular formula is C37H22N2OS. The van der Waals surface area contributed by atoms with E-state index in [4.69, 9.17) is 9.40 Å². The molecule has 6 aromatic carbocycles. The van der Waals surface area contributed by atoms with E-state index in [1.165, 1.54) is 30.9 Å². The highest BCUT2D eigenvalue weighted by molar-refractivity contribution is 7.26. The molecule has 2 aromatic heterocycles. The maximum Gasteiger partial charge on any atom is 0.227 e. The van der Waals surface area contributed by atoms with Gasteiger partial charge >= 0.3 is 0 Å². The van der Waals surface area contributed by atoms with Gasteiger partial charge in [0.15, 0.2) is 5.76 Å². The second kappa shape index (κ2) is 8.65. The average Bonchev–Trinajstić information content (AvgIpc) is 3.71. The molecule has 4 heteroatoms. The summed E-state index contributed by atoms with van der Waals surface area (Å²) in [4.78, 5) is 7.44. The largest absolute Gasteiger partial charge is 0.435 e. The standard InChI is InChI=1S/C37H22N2OS/c1-3-11-23(12-4-1)37-38-35-29-22-26(21-24-13-9-17-28(33(24)29)36(35)40-37)39(25-14-5-2-6-15-25)30-18-10-20-32-34(30)27-16-7-8-19-31(27)41-32/h1-22H. The van der Waals surface area contributed by atoms with E-state index in [1.807, 2.05) is 41.7 Å². The van der Waals surface area contributed by atoms with Gasteiger partial charge < -0.3 is 9.32 Å². The number of benzene rings is 6. The first-order chi connectivity index (χ1) is 20.3. The highest BCUT2D eigenvalue weighted by Gasteiger charge is 2.30. The Balaban J connectivity index is 1.32. The van der Waals surface area contributed by atoms with Gasteiger partial charge in [0.1, 0.15) is 5.69 Å². The van der Waals surface area contributed by atoms with E-state index >= 15 is 0 Å². The predicted molar refractivity (Wildman–Crippen MR) is 171 cm³/mol. The van der Waals surface area contributed by atoms with Crippen LogP contribution in [0.3, 0.4) is 0 Å². The minimum atomic E-state index is 0.651. The molecule has 2 heterocycles. The number of hydrogen-bond donors (Lipinski definition) is 0. The van der Waals surface area contributed by atoms with Crippen LogP contribution in [0.4, 0.5) is 17.1 Å². The molecule has 0 spiro atoms. The zero-order valence-electron chi connectivity index (χ0n) is 21.9. The van der Waals surface area contributed by atoms with E-state index in [2.05, 4.69) is 108 Å². The van der Waals surface area contributed by atoms with Crippen LogP contribution in [0, 0.1) is 0 Å². The van der Waals surface area contributed by atoms with Gasteiger partial charge in [0.2, 0.25) is 5.89 Å². The minimum absolute atomic E-state index is 0.651. The first-order valence-corrected chi connectivity index (χ1v) is 14.5. The van der Waals surface area contributed by atoms with Crippen molar-refractivity contribution in [2.75, 3.05) is 4.90 Å². The van der Waals surface area contributed by atoms with Crippen LogP contribution in [0.15, 0.2) is 138 Å². The molecule has 0 fully saturated rings. The molecule has 0 aliphatic heterocycles. The van der Waals surface area contributed by atoms with Crippen LogP contribution in [0.2, 0.25) is 0 Å². The number of nitrogens with zero attached hydrogens (tertiary/aromatic N) is 2. The number of thiophene rings is 1. The molecule has 0 unspecified atom stereocenters. The summed E-state index contributed by atoms with van der Waals surface area (Å²) in [6, 6.07) is 47.2. The molecular weight excluding hydrogens is 520 g/mol. The topological polar surface area (TPSA) is 29.3 Å². The number of hydrogen-bond acceptors (Lipinski definition) is 4. The van der Waals surface area contributed by atoms with Crippen LogP contribution in [-0.4, -0.2) is 4.98 Å². The lowest BCUT2D eigenvalue weighted by atomic mass is 10.0. The number of rotatable bonds is 4. The number of para-hydroxylation sites is 1. The van der Waals surface area contributed by atoms with Gasteiger partial charge in [0, 0.05) is 53.6 Å². The lowest BCUT2D eigenvalue weighted by molar-refractivity contribution is 0.590. The summed E-state index contributed by atoms with van der Waals surface area (Å²) < 4.78 is 9.00. The molecule has 1 aliphatic carbocycles. The molecule has 41 heavy (non-hydrogen) atoms. The SMILES string of the molecule is c1ccc(-c2nc3c(o2)-c2cccc4cc(N(c5ccccc5)c5cccc6sc7ccccc7c56)cc-3c24)cc1. The summed E-state index contributed by atoms with van der Waals surface area (Å²) in [5.74, 6) is 1.50. The van der Waals surface area contributed by atoms with Gasteiger partial charge in [-0.15, -0.1) is 11.3 Å². The lowest BCUT2D eigenvalue weighted by Crippen LogP contribution is -2.10. The quantitative estimate of drug-likeness (QED) is 0.221. The maximum atomic E-state index is 6.43. The zero-order valence-corrected chi connectivity index (χ0v) is 22.7. The Labute approximate surface area is 240 Å². The monoisotopic (exact) mass is 542 g/mol. The van der Waals surface area contributed by atoms with Crippen LogP contribution in [0.5, 0.6) is 0 Å². The Morgan fingerprint density at radius 2 is 1.34 bits per heavy atom. The van der Waals surface area contributed by atoms with Crippen LogP contribution < -0.4 is 4.90 Å². The van der Waals surface area contributed by atoms with E-state index in [9.17, 15) is 0 Å². The summed E-state index contributed by atoms with van der Waals surface area (Å²) in [7, 11) is 0. The fraction of sp³-hybridized carbons (Fsp3) is 0. The third kappa shape index (κ3) is 3.35. The Bertz CT molecular complexity index is 2260. The Morgan fingerprint density at radius 1 is 0.585 bits per heavy atom. The van der Waals surface area contributed by atoms with Crippen LogP contribution in [0.1, 0.15) is 0 Å². The molecule has 8 aromatic rings. The van der Waals surface area contributed by atoms with Gasteiger partial charge in [-0.1, -0.05) is 78.9 Å². The molecule has 0 radical (unpaired) electrons. The second-order valence-electron chi connectivity index (χ2n) is 10.4. The molecule has 0 N–H and O–H groups in total. The fourth-order valence-corrected chi connectivity index (χ4v) is 7.38. The molecule has 0 atom stereocenters.